The van der Waals surface area contributed by atoms with Crippen LogP contribution in [0.5, 0.6) is 0 Å². The number of rotatable bonds is 5. The van der Waals surface area contributed by atoms with Crippen molar-refractivity contribution < 1.29 is 18.9 Å². The van der Waals surface area contributed by atoms with E-state index in [0.717, 1.165) is 11.1 Å². The van der Waals surface area contributed by atoms with Crippen molar-refractivity contribution in [3.63, 3.8) is 0 Å². The Labute approximate surface area is 161 Å². The highest BCUT2D eigenvalue weighted by molar-refractivity contribution is 7.83. The molecule has 0 bridgehead atoms. The number of carboxylic acids is 1. The van der Waals surface area contributed by atoms with Gasteiger partial charge in [-0.3, -0.25) is 13.8 Å². The van der Waals surface area contributed by atoms with Crippen molar-refractivity contribution in [3.8, 4) is 0 Å². The predicted molar refractivity (Wildman–Crippen MR) is 105 cm³/mol. The van der Waals surface area contributed by atoms with Crippen molar-refractivity contribution in [2.75, 3.05) is 19.3 Å². The van der Waals surface area contributed by atoms with Crippen molar-refractivity contribution in [1.82, 2.24) is 4.90 Å². The molecule has 1 aliphatic rings. The van der Waals surface area contributed by atoms with Crippen molar-refractivity contribution in [3.05, 3.63) is 71.3 Å². The maximum atomic E-state index is 12.9. The number of piperidine rings is 1. The molecule has 27 heavy (non-hydrogen) atoms. The number of benzene rings is 2. The average Bonchev–Trinajstić information content (AvgIpc) is 2.67. The van der Waals surface area contributed by atoms with Gasteiger partial charge >= 0.3 is 5.97 Å². The predicted octanol–water partition coefficient (Wildman–Crippen LogP) is 2.82. The van der Waals surface area contributed by atoms with E-state index in [1.807, 2.05) is 36.4 Å². The Morgan fingerprint density at radius 2 is 1.74 bits per heavy atom. The molecule has 1 heterocycles. The van der Waals surface area contributed by atoms with E-state index in [1.54, 1.807) is 29.4 Å². The van der Waals surface area contributed by atoms with E-state index in [2.05, 4.69) is 0 Å². The number of aliphatic carboxylic acids is 1. The summed E-state index contributed by atoms with van der Waals surface area (Å²) in [6.45, 7) is 0.786. The third-order valence-corrected chi connectivity index (χ3v) is 5.92. The number of carbonyl (C=O) groups is 2. The van der Waals surface area contributed by atoms with Crippen LogP contribution >= 0.6 is 0 Å². The number of nitrogens with zero attached hydrogens (tertiary/aromatic N) is 1. The van der Waals surface area contributed by atoms with Gasteiger partial charge in [-0.25, -0.2) is 0 Å². The molecule has 2 aromatic carbocycles. The molecule has 5 nitrogen and oxygen atoms in total. The minimum atomic E-state index is -0.970. The van der Waals surface area contributed by atoms with E-state index in [1.165, 1.54) is 0 Å². The van der Waals surface area contributed by atoms with Gasteiger partial charge < -0.3 is 10.0 Å². The fourth-order valence-electron chi connectivity index (χ4n) is 3.69. The first kappa shape index (κ1) is 19.3. The molecule has 1 N–H and O–H groups in total. The first-order chi connectivity index (χ1) is 12.9. The highest BCUT2D eigenvalue weighted by Crippen LogP contribution is 2.36. The summed E-state index contributed by atoms with van der Waals surface area (Å²) in [5, 5.41) is 9.87. The highest BCUT2D eigenvalue weighted by atomic mass is 32.2. The van der Waals surface area contributed by atoms with Crippen molar-refractivity contribution in [2.45, 2.75) is 24.0 Å². The first-order valence-corrected chi connectivity index (χ1v) is 10.6. The van der Waals surface area contributed by atoms with Gasteiger partial charge in [0, 0.05) is 41.5 Å². The number of carbonyl (C=O) groups excluding carboxylic acids is 1. The van der Waals surface area contributed by atoms with Crippen molar-refractivity contribution in [1.29, 1.82) is 0 Å². The second-order valence-corrected chi connectivity index (χ2v) is 8.40. The molecule has 0 radical (unpaired) electrons. The van der Waals surface area contributed by atoms with Gasteiger partial charge in [0.25, 0.3) is 5.91 Å². The van der Waals surface area contributed by atoms with E-state index in [0.29, 0.717) is 37.2 Å². The molecule has 1 aliphatic heterocycles. The minimum Gasteiger partial charge on any atom is -0.481 e. The molecule has 1 atom stereocenters. The summed E-state index contributed by atoms with van der Waals surface area (Å²) in [7, 11) is -0.970. The molecular formula is C21H23NO4S. The third kappa shape index (κ3) is 4.11. The van der Waals surface area contributed by atoms with Crippen LogP contribution < -0.4 is 0 Å². The maximum Gasteiger partial charge on any atom is 0.314 e. The van der Waals surface area contributed by atoms with Gasteiger partial charge in [-0.1, -0.05) is 42.5 Å². The number of carboxylic acid groups (broad SMARTS) is 1. The number of likely N-dealkylation sites (tertiary alicyclic amines) is 1. The summed E-state index contributed by atoms with van der Waals surface area (Å²) in [5.41, 5.74) is 1.26. The molecule has 3 rings (SSSR count). The molecule has 1 unspecified atom stereocenters. The fourth-order valence-corrected chi connectivity index (χ4v) is 4.34. The molecule has 1 amide bonds. The summed E-state index contributed by atoms with van der Waals surface area (Å²) in [4.78, 5) is 26.6. The summed E-state index contributed by atoms with van der Waals surface area (Å²) < 4.78 is 11.4. The van der Waals surface area contributed by atoms with E-state index in [9.17, 15) is 18.9 Å². The van der Waals surface area contributed by atoms with Crippen LogP contribution in [0.25, 0.3) is 0 Å². The molecule has 1 fully saturated rings. The second kappa shape index (κ2) is 8.05. The van der Waals surface area contributed by atoms with Gasteiger partial charge in [0.05, 0.1) is 5.41 Å². The maximum absolute atomic E-state index is 12.9. The standard InChI is InChI=1S/C21H23NO4S/c1-27(26)15-16-6-5-7-17(14-16)19(23)22-12-10-21(11-13-22,20(24)25)18-8-3-2-4-9-18/h2-9,14H,10-13,15H2,1H3,(H,24,25). The van der Waals surface area contributed by atoms with Crippen molar-refractivity contribution >= 4 is 22.7 Å². The fraction of sp³-hybridized carbons (Fsp3) is 0.333. The Morgan fingerprint density at radius 1 is 1.07 bits per heavy atom. The normalized spacial score (nSPS) is 17.3. The molecule has 0 spiro atoms. The first-order valence-electron chi connectivity index (χ1n) is 8.89. The van der Waals surface area contributed by atoms with Crippen LogP contribution in [-0.4, -0.2) is 45.4 Å². The minimum absolute atomic E-state index is 0.106. The Hall–Kier alpha value is -2.47. The van der Waals surface area contributed by atoms with Gasteiger partial charge in [-0.2, -0.15) is 0 Å². The van der Waals surface area contributed by atoms with Crippen LogP contribution in [0, 0.1) is 0 Å². The molecule has 0 aromatic heterocycles. The largest absolute Gasteiger partial charge is 0.481 e. The zero-order chi connectivity index (χ0) is 19.4. The Balaban J connectivity index is 1.76. The van der Waals surface area contributed by atoms with Crippen LogP contribution in [0.1, 0.15) is 34.3 Å². The molecular weight excluding hydrogens is 362 g/mol. The monoisotopic (exact) mass is 385 g/mol. The van der Waals surface area contributed by atoms with Crippen LogP contribution in [0.4, 0.5) is 0 Å². The number of amides is 1. The Bertz CT molecular complexity index is 857. The topological polar surface area (TPSA) is 74.7 Å². The average molecular weight is 385 g/mol. The molecule has 0 saturated carbocycles. The van der Waals surface area contributed by atoms with E-state index in [-0.39, 0.29) is 5.91 Å². The Morgan fingerprint density at radius 3 is 2.33 bits per heavy atom. The van der Waals surface area contributed by atoms with E-state index < -0.39 is 22.2 Å². The number of hydrogen-bond donors (Lipinski definition) is 1. The van der Waals surface area contributed by atoms with Crippen LogP contribution in [0.3, 0.4) is 0 Å². The second-order valence-electron chi connectivity index (χ2n) is 6.96. The highest BCUT2D eigenvalue weighted by Gasteiger charge is 2.43. The quantitative estimate of drug-likeness (QED) is 0.859. The van der Waals surface area contributed by atoms with Crippen LogP contribution in [-0.2, 0) is 26.8 Å². The lowest BCUT2D eigenvalue weighted by Gasteiger charge is -2.39. The Kier molecular flexibility index (Phi) is 5.75. The van der Waals surface area contributed by atoms with Gasteiger partial charge in [0.2, 0.25) is 0 Å². The molecule has 142 valence electrons. The molecule has 0 aliphatic carbocycles. The lowest BCUT2D eigenvalue weighted by molar-refractivity contribution is -0.145. The smallest absolute Gasteiger partial charge is 0.314 e. The zero-order valence-corrected chi connectivity index (χ0v) is 16.1. The van der Waals surface area contributed by atoms with Crippen molar-refractivity contribution in [2.24, 2.45) is 0 Å². The summed E-state index contributed by atoms with van der Waals surface area (Å²) in [6, 6.07) is 16.4. The van der Waals surface area contributed by atoms with Gasteiger partial charge in [0.15, 0.2) is 0 Å². The van der Waals surface area contributed by atoms with E-state index in [4.69, 9.17) is 0 Å². The summed E-state index contributed by atoms with van der Waals surface area (Å²) >= 11 is 0. The molecule has 6 heteroatoms. The SMILES string of the molecule is CS(=O)Cc1cccc(C(=O)N2CCC(C(=O)O)(c3ccccc3)CC2)c1. The lowest BCUT2D eigenvalue weighted by Crippen LogP contribution is -2.49. The van der Waals surface area contributed by atoms with Gasteiger partial charge in [0.1, 0.15) is 0 Å². The van der Waals surface area contributed by atoms with Gasteiger partial charge in [-0.05, 0) is 36.1 Å². The van der Waals surface area contributed by atoms with E-state index >= 15 is 0 Å². The summed E-state index contributed by atoms with van der Waals surface area (Å²) in [6.07, 6.45) is 2.40. The summed E-state index contributed by atoms with van der Waals surface area (Å²) in [5.74, 6) is -0.531. The molecule has 2 aromatic rings. The molecule has 1 saturated heterocycles. The lowest BCUT2D eigenvalue weighted by atomic mass is 9.72. The number of hydrogen-bond acceptors (Lipinski definition) is 3. The van der Waals surface area contributed by atoms with Crippen LogP contribution in [0.2, 0.25) is 0 Å². The zero-order valence-electron chi connectivity index (χ0n) is 15.3. The third-order valence-electron chi connectivity index (χ3n) is 5.18. The van der Waals surface area contributed by atoms with Gasteiger partial charge in [-0.15, -0.1) is 0 Å². The van der Waals surface area contributed by atoms with Crippen LogP contribution in [0.15, 0.2) is 54.6 Å².